The van der Waals surface area contributed by atoms with Gasteiger partial charge in [-0.2, -0.15) is 0 Å². The van der Waals surface area contributed by atoms with Crippen molar-refractivity contribution in [3.63, 3.8) is 0 Å². The number of hydrogen-bond donors (Lipinski definition) is 2. The highest BCUT2D eigenvalue weighted by molar-refractivity contribution is 7.21. The van der Waals surface area contributed by atoms with Crippen molar-refractivity contribution in [2.45, 2.75) is 32.8 Å². The van der Waals surface area contributed by atoms with Gasteiger partial charge in [-0.05, 0) is 37.6 Å². The highest BCUT2D eigenvalue weighted by Crippen LogP contribution is 2.35. The fraction of sp³-hybridized carbons (Fsp3) is 0.318. The van der Waals surface area contributed by atoms with Gasteiger partial charge >= 0.3 is 12.0 Å². The minimum absolute atomic E-state index is 0.142. The second kappa shape index (κ2) is 8.31. The summed E-state index contributed by atoms with van der Waals surface area (Å²) in [5.41, 5.74) is 9.33. The minimum atomic E-state index is -0.417. The highest BCUT2D eigenvalue weighted by atomic mass is 32.1. The minimum Gasteiger partial charge on any atom is -0.458 e. The monoisotopic (exact) mass is 424 g/mol. The molecule has 1 aliphatic rings. The molecule has 0 spiro atoms. The van der Waals surface area contributed by atoms with Crippen LogP contribution in [0, 0.1) is 13.8 Å². The zero-order valence-corrected chi connectivity index (χ0v) is 17.8. The number of carbonyl (C=O) groups is 2. The van der Waals surface area contributed by atoms with Gasteiger partial charge in [0.1, 0.15) is 15.8 Å². The first-order chi connectivity index (χ1) is 14.4. The third kappa shape index (κ3) is 4.09. The number of fused-ring (bicyclic) bond motifs is 1. The number of esters is 1. The Bertz CT molecular complexity index is 1090. The molecule has 1 aliphatic heterocycles. The van der Waals surface area contributed by atoms with Crippen molar-refractivity contribution >= 4 is 44.9 Å². The molecule has 0 aliphatic carbocycles. The molecule has 4 rings (SSSR count). The lowest BCUT2D eigenvalue weighted by Gasteiger charge is -2.31. The summed E-state index contributed by atoms with van der Waals surface area (Å²) in [6, 6.07) is 11.2. The number of thiophene rings is 1. The number of aromatic nitrogens is 1. The fourth-order valence-corrected chi connectivity index (χ4v) is 4.83. The zero-order chi connectivity index (χ0) is 21.3. The number of nitrogens with one attached hydrogen (secondary N) is 1. The van der Waals surface area contributed by atoms with Gasteiger partial charge < -0.3 is 20.7 Å². The third-order valence-corrected chi connectivity index (χ3v) is 6.32. The number of carbonyl (C=O) groups excluding carboxylic acids is 2. The molecule has 30 heavy (non-hydrogen) atoms. The van der Waals surface area contributed by atoms with Crippen molar-refractivity contribution in [1.82, 2.24) is 9.88 Å². The molecule has 0 unspecified atom stereocenters. The number of para-hydroxylation sites is 1. The summed E-state index contributed by atoms with van der Waals surface area (Å²) in [7, 11) is 0. The van der Waals surface area contributed by atoms with Crippen molar-refractivity contribution < 1.29 is 14.3 Å². The van der Waals surface area contributed by atoms with Crippen molar-refractivity contribution in [2.24, 2.45) is 0 Å². The Labute approximate surface area is 178 Å². The third-order valence-electron chi connectivity index (χ3n) is 5.24. The van der Waals surface area contributed by atoms with Crippen LogP contribution in [0.2, 0.25) is 0 Å². The smallest absolute Gasteiger partial charge is 0.350 e. The van der Waals surface area contributed by atoms with Crippen LogP contribution in [0.5, 0.6) is 0 Å². The van der Waals surface area contributed by atoms with E-state index in [9.17, 15) is 9.59 Å². The Kier molecular flexibility index (Phi) is 5.59. The van der Waals surface area contributed by atoms with Gasteiger partial charge in [-0.15, -0.1) is 11.3 Å². The quantitative estimate of drug-likeness (QED) is 0.609. The molecule has 7 nitrogen and oxygen atoms in total. The van der Waals surface area contributed by atoms with Crippen LogP contribution in [-0.2, 0) is 4.74 Å². The van der Waals surface area contributed by atoms with Crippen LogP contribution in [0.4, 0.5) is 16.2 Å². The van der Waals surface area contributed by atoms with Crippen LogP contribution in [0.3, 0.4) is 0 Å². The molecule has 1 aromatic carbocycles. The Morgan fingerprint density at radius 3 is 2.60 bits per heavy atom. The number of hydrogen-bond acceptors (Lipinski definition) is 6. The topological polar surface area (TPSA) is 97.6 Å². The fourth-order valence-electron chi connectivity index (χ4n) is 3.73. The van der Waals surface area contributed by atoms with Gasteiger partial charge in [0.25, 0.3) is 0 Å². The number of nitrogens with two attached hydrogens (primary N) is 1. The van der Waals surface area contributed by atoms with E-state index in [1.165, 1.54) is 11.3 Å². The molecule has 2 amide bonds. The number of urea groups is 1. The van der Waals surface area contributed by atoms with Crippen LogP contribution in [0.15, 0.2) is 36.4 Å². The number of rotatable bonds is 3. The number of aryl methyl sites for hydroxylation is 2. The maximum Gasteiger partial charge on any atom is 0.350 e. The summed E-state index contributed by atoms with van der Waals surface area (Å²) in [5, 5.41) is 3.71. The number of anilines is 2. The standard InChI is InChI=1S/C22H24N4O3S/c1-13-12-14(2)24-20-17(13)18(23)19(30-20)21(27)29-16-8-10-26(11-9-16)22(28)25-15-6-4-3-5-7-15/h3-7,12,16H,8-11,23H2,1-2H3,(H,25,28). The second-order valence-corrected chi connectivity index (χ2v) is 8.49. The van der Waals surface area contributed by atoms with E-state index in [1.807, 2.05) is 50.2 Å². The molecule has 3 aromatic rings. The zero-order valence-electron chi connectivity index (χ0n) is 17.0. The molecule has 0 saturated carbocycles. The summed E-state index contributed by atoms with van der Waals surface area (Å²) in [5.74, 6) is -0.417. The van der Waals surface area contributed by atoms with Crippen LogP contribution in [0.1, 0.15) is 33.8 Å². The molecule has 0 bridgehead atoms. The number of pyridine rings is 1. The van der Waals surface area contributed by atoms with E-state index in [0.29, 0.717) is 36.5 Å². The summed E-state index contributed by atoms with van der Waals surface area (Å²) in [4.78, 5) is 32.5. The van der Waals surface area contributed by atoms with Gasteiger partial charge in [0, 0.05) is 42.7 Å². The first-order valence-corrected chi connectivity index (χ1v) is 10.7. The van der Waals surface area contributed by atoms with Gasteiger partial charge in [0.2, 0.25) is 0 Å². The summed E-state index contributed by atoms with van der Waals surface area (Å²) in [6.45, 7) is 4.93. The molecule has 3 N–H and O–H groups in total. The van der Waals surface area contributed by atoms with Crippen molar-refractivity contribution in [3.8, 4) is 0 Å². The maximum absolute atomic E-state index is 12.7. The SMILES string of the molecule is Cc1cc(C)c2c(N)c(C(=O)OC3CCN(C(=O)Nc4ccccc4)CC3)sc2n1. The molecule has 0 radical (unpaired) electrons. The molecule has 2 aromatic heterocycles. The average molecular weight is 425 g/mol. The highest BCUT2D eigenvalue weighted by Gasteiger charge is 2.28. The lowest BCUT2D eigenvalue weighted by Crippen LogP contribution is -2.43. The summed E-state index contributed by atoms with van der Waals surface area (Å²) >= 11 is 1.27. The van der Waals surface area contributed by atoms with Crippen LogP contribution in [-0.4, -0.2) is 41.1 Å². The van der Waals surface area contributed by atoms with E-state index in [4.69, 9.17) is 10.5 Å². The number of amides is 2. The maximum atomic E-state index is 12.7. The van der Waals surface area contributed by atoms with Crippen LogP contribution < -0.4 is 11.1 Å². The summed E-state index contributed by atoms with van der Waals surface area (Å²) < 4.78 is 5.71. The molecule has 8 heteroatoms. The van der Waals surface area contributed by atoms with Crippen LogP contribution in [0.25, 0.3) is 10.2 Å². The number of likely N-dealkylation sites (tertiary alicyclic amines) is 1. The first kappa shape index (κ1) is 20.2. The average Bonchev–Trinajstić information content (AvgIpc) is 3.06. The Hall–Kier alpha value is -3.13. The first-order valence-electron chi connectivity index (χ1n) is 9.90. The molecule has 1 fully saturated rings. The molecule has 156 valence electrons. The van der Waals surface area contributed by atoms with E-state index in [1.54, 1.807) is 4.90 Å². The summed E-state index contributed by atoms with van der Waals surface area (Å²) in [6.07, 6.45) is 0.947. The van der Waals surface area contributed by atoms with Gasteiger partial charge in [0.15, 0.2) is 0 Å². The molecular formula is C22H24N4O3S. The predicted molar refractivity (Wildman–Crippen MR) is 119 cm³/mol. The Balaban J connectivity index is 1.37. The number of nitrogen functional groups attached to an aromatic ring is 1. The van der Waals surface area contributed by atoms with E-state index in [2.05, 4.69) is 10.3 Å². The number of benzene rings is 1. The number of ether oxygens (including phenoxy) is 1. The van der Waals surface area contributed by atoms with E-state index in [0.717, 1.165) is 27.2 Å². The van der Waals surface area contributed by atoms with E-state index in [-0.39, 0.29) is 12.1 Å². The largest absolute Gasteiger partial charge is 0.458 e. The second-order valence-electron chi connectivity index (χ2n) is 7.49. The molecular weight excluding hydrogens is 400 g/mol. The van der Waals surface area contributed by atoms with E-state index >= 15 is 0 Å². The van der Waals surface area contributed by atoms with Crippen LogP contribution >= 0.6 is 11.3 Å². The van der Waals surface area contributed by atoms with Gasteiger partial charge in [-0.3, -0.25) is 0 Å². The Morgan fingerprint density at radius 1 is 1.20 bits per heavy atom. The van der Waals surface area contributed by atoms with Crippen molar-refractivity contribution in [1.29, 1.82) is 0 Å². The Morgan fingerprint density at radius 2 is 1.90 bits per heavy atom. The number of nitrogens with zero attached hydrogens (tertiary/aromatic N) is 2. The van der Waals surface area contributed by atoms with E-state index < -0.39 is 5.97 Å². The van der Waals surface area contributed by atoms with Gasteiger partial charge in [-0.25, -0.2) is 14.6 Å². The molecule has 0 atom stereocenters. The predicted octanol–water partition coefficient (Wildman–Crippen LogP) is 4.35. The lowest BCUT2D eigenvalue weighted by molar-refractivity contribution is 0.0164. The van der Waals surface area contributed by atoms with Crippen molar-refractivity contribution in [2.75, 3.05) is 24.1 Å². The van der Waals surface area contributed by atoms with Gasteiger partial charge in [0.05, 0.1) is 5.69 Å². The lowest BCUT2D eigenvalue weighted by atomic mass is 10.1. The van der Waals surface area contributed by atoms with Crippen molar-refractivity contribution in [3.05, 3.63) is 52.5 Å². The number of piperidine rings is 1. The van der Waals surface area contributed by atoms with Gasteiger partial charge in [-0.1, -0.05) is 18.2 Å². The normalized spacial score (nSPS) is 14.7. The molecule has 3 heterocycles. The molecule has 1 saturated heterocycles.